The van der Waals surface area contributed by atoms with Gasteiger partial charge < -0.3 is 24.0 Å². The van der Waals surface area contributed by atoms with Crippen molar-refractivity contribution in [2.75, 3.05) is 50.9 Å². The first-order valence-corrected chi connectivity index (χ1v) is 13.2. The maximum Gasteiger partial charge on any atom is 0.254 e. The molecule has 0 atom stereocenters. The van der Waals surface area contributed by atoms with E-state index in [9.17, 15) is 4.79 Å². The minimum atomic E-state index is -0.0422. The fourth-order valence-corrected chi connectivity index (χ4v) is 4.56. The van der Waals surface area contributed by atoms with E-state index in [1.165, 1.54) is 0 Å². The Bertz CT molecular complexity index is 1140. The van der Waals surface area contributed by atoms with E-state index in [1.807, 2.05) is 49.9 Å². The van der Waals surface area contributed by atoms with E-state index >= 15 is 0 Å². The second-order valence-electron chi connectivity index (χ2n) is 8.38. The highest BCUT2D eigenvalue weighted by atomic mass is 79.9. The average molecular weight is 557 g/mol. The molecule has 36 heavy (non-hydrogen) atoms. The predicted molar refractivity (Wildman–Crippen MR) is 144 cm³/mol. The zero-order chi connectivity index (χ0) is 25.5. The molecule has 192 valence electrons. The number of carbonyl (C=O) groups excluding carboxylic acids is 1. The minimum absolute atomic E-state index is 0.0422. The van der Waals surface area contributed by atoms with Crippen LogP contribution in [0.5, 0.6) is 17.2 Å². The summed E-state index contributed by atoms with van der Waals surface area (Å²) in [6, 6.07) is 13.7. The quantitative estimate of drug-likeness (QED) is 0.380. The van der Waals surface area contributed by atoms with E-state index in [1.54, 1.807) is 12.1 Å². The van der Waals surface area contributed by atoms with Crippen LogP contribution in [0.15, 0.2) is 46.9 Å². The first-order chi connectivity index (χ1) is 17.5. The number of aromatic nitrogens is 2. The van der Waals surface area contributed by atoms with Crippen LogP contribution in [0.2, 0.25) is 0 Å². The number of halogens is 1. The molecule has 0 aliphatic carbocycles. The van der Waals surface area contributed by atoms with Gasteiger partial charge in [-0.05, 0) is 57.0 Å². The third-order valence-electron chi connectivity index (χ3n) is 5.98. The van der Waals surface area contributed by atoms with Crippen molar-refractivity contribution < 1.29 is 19.0 Å². The van der Waals surface area contributed by atoms with Gasteiger partial charge in [0.05, 0.1) is 25.5 Å². The SMILES string of the molecule is CCOc1cc(C(=O)N2CCCN(c3cc(-c4ccc(Br)cc4)[nH]n3)CC2)cc(OCC)c1OCC. The van der Waals surface area contributed by atoms with Crippen LogP contribution in [0.4, 0.5) is 5.82 Å². The highest BCUT2D eigenvalue weighted by Crippen LogP contribution is 2.39. The van der Waals surface area contributed by atoms with Crippen molar-refractivity contribution in [3.8, 4) is 28.5 Å². The highest BCUT2D eigenvalue weighted by Gasteiger charge is 2.25. The molecule has 4 rings (SSSR count). The van der Waals surface area contributed by atoms with E-state index in [2.05, 4.69) is 37.1 Å². The Labute approximate surface area is 220 Å². The van der Waals surface area contributed by atoms with Gasteiger partial charge in [0.15, 0.2) is 17.3 Å². The molecule has 0 bridgehead atoms. The summed E-state index contributed by atoms with van der Waals surface area (Å²) >= 11 is 3.48. The molecule has 1 amide bonds. The molecule has 1 aliphatic rings. The van der Waals surface area contributed by atoms with E-state index in [0.29, 0.717) is 62.3 Å². The van der Waals surface area contributed by atoms with Gasteiger partial charge in [0.2, 0.25) is 5.75 Å². The summed E-state index contributed by atoms with van der Waals surface area (Å²) in [5, 5.41) is 7.68. The van der Waals surface area contributed by atoms with E-state index in [0.717, 1.165) is 34.5 Å². The molecule has 2 aromatic carbocycles. The van der Waals surface area contributed by atoms with Crippen LogP contribution in [0.1, 0.15) is 37.6 Å². The number of nitrogens with zero attached hydrogens (tertiary/aromatic N) is 3. The fraction of sp³-hybridized carbons (Fsp3) is 0.407. The van der Waals surface area contributed by atoms with Crippen molar-refractivity contribution >= 4 is 27.7 Å². The fourth-order valence-electron chi connectivity index (χ4n) is 4.29. The van der Waals surface area contributed by atoms with Crippen LogP contribution in [0, 0.1) is 0 Å². The Morgan fingerprint density at radius 2 is 1.58 bits per heavy atom. The van der Waals surface area contributed by atoms with Gasteiger partial charge in [-0.15, -0.1) is 0 Å². The zero-order valence-electron chi connectivity index (χ0n) is 21.1. The van der Waals surface area contributed by atoms with Crippen molar-refractivity contribution in [1.29, 1.82) is 0 Å². The number of hydrogen-bond donors (Lipinski definition) is 1. The molecule has 1 N–H and O–H groups in total. The standard InChI is InChI=1S/C27H33BrN4O4/c1-4-34-23-16-20(17-24(35-5-2)26(23)36-6-3)27(33)32-13-7-12-31(14-15-32)25-18-22(29-30-25)19-8-10-21(28)11-9-19/h8-11,16-18H,4-7,12-15H2,1-3H3,(H,29,30). The number of benzene rings is 2. The van der Waals surface area contributed by atoms with Gasteiger partial charge in [0.25, 0.3) is 5.91 Å². The molecule has 8 nitrogen and oxygen atoms in total. The maximum atomic E-state index is 13.5. The molecule has 2 heterocycles. The molecule has 0 saturated carbocycles. The van der Waals surface area contributed by atoms with Crippen LogP contribution in [0.25, 0.3) is 11.3 Å². The van der Waals surface area contributed by atoms with Crippen LogP contribution in [0.3, 0.4) is 0 Å². The van der Waals surface area contributed by atoms with Crippen molar-refractivity contribution in [1.82, 2.24) is 15.1 Å². The Hall–Kier alpha value is -3.20. The topological polar surface area (TPSA) is 79.9 Å². The second kappa shape index (κ2) is 12.2. The monoisotopic (exact) mass is 556 g/mol. The van der Waals surface area contributed by atoms with Gasteiger partial charge in [0.1, 0.15) is 0 Å². The average Bonchev–Trinajstić information content (AvgIpc) is 3.24. The molecule has 1 aromatic heterocycles. The molecule has 0 spiro atoms. The van der Waals surface area contributed by atoms with Gasteiger partial charge in [-0.25, -0.2) is 0 Å². The molecule has 1 aliphatic heterocycles. The first-order valence-electron chi connectivity index (χ1n) is 12.5. The number of nitrogens with one attached hydrogen (secondary N) is 1. The number of carbonyl (C=O) groups is 1. The van der Waals surface area contributed by atoms with Crippen LogP contribution < -0.4 is 19.1 Å². The molecule has 3 aromatic rings. The van der Waals surface area contributed by atoms with Crippen LogP contribution in [-0.2, 0) is 0 Å². The minimum Gasteiger partial charge on any atom is -0.490 e. The number of hydrogen-bond acceptors (Lipinski definition) is 6. The normalized spacial score (nSPS) is 13.9. The van der Waals surface area contributed by atoms with Gasteiger partial charge >= 0.3 is 0 Å². The second-order valence-corrected chi connectivity index (χ2v) is 9.30. The summed E-state index contributed by atoms with van der Waals surface area (Å²) in [6.07, 6.45) is 0.847. The summed E-state index contributed by atoms with van der Waals surface area (Å²) in [7, 11) is 0. The predicted octanol–water partition coefficient (Wildman–Crippen LogP) is 5.39. The van der Waals surface area contributed by atoms with Crippen LogP contribution >= 0.6 is 15.9 Å². The largest absolute Gasteiger partial charge is 0.490 e. The van der Waals surface area contributed by atoms with E-state index in [-0.39, 0.29) is 5.91 Å². The molecule has 9 heteroatoms. The third-order valence-corrected chi connectivity index (χ3v) is 6.51. The van der Waals surface area contributed by atoms with Gasteiger partial charge in [0, 0.05) is 42.3 Å². The molecule has 1 saturated heterocycles. The lowest BCUT2D eigenvalue weighted by Crippen LogP contribution is -2.35. The van der Waals surface area contributed by atoms with E-state index < -0.39 is 0 Å². The highest BCUT2D eigenvalue weighted by molar-refractivity contribution is 9.10. The lowest BCUT2D eigenvalue weighted by molar-refractivity contribution is 0.0766. The number of amides is 1. The Balaban J connectivity index is 1.49. The molecule has 1 fully saturated rings. The van der Waals surface area contributed by atoms with Crippen molar-refractivity contribution in [3.05, 3.63) is 52.5 Å². The lowest BCUT2D eigenvalue weighted by Gasteiger charge is -2.23. The Kier molecular flexibility index (Phi) is 8.74. The molecular formula is C27H33BrN4O4. The Morgan fingerprint density at radius 1 is 0.917 bits per heavy atom. The molecule has 0 radical (unpaired) electrons. The Morgan fingerprint density at radius 3 is 2.22 bits per heavy atom. The number of ether oxygens (including phenoxy) is 3. The number of aromatic amines is 1. The van der Waals surface area contributed by atoms with Gasteiger partial charge in [-0.2, -0.15) is 5.10 Å². The maximum absolute atomic E-state index is 13.5. The summed E-state index contributed by atoms with van der Waals surface area (Å²) in [6.45, 7) is 9.93. The summed E-state index contributed by atoms with van der Waals surface area (Å²) in [4.78, 5) is 17.6. The van der Waals surface area contributed by atoms with E-state index in [4.69, 9.17) is 14.2 Å². The summed E-state index contributed by atoms with van der Waals surface area (Å²) in [5.41, 5.74) is 2.58. The lowest BCUT2D eigenvalue weighted by atomic mass is 10.1. The summed E-state index contributed by atoms with van der Waals surface area (Å²) < 4.78 is 18.4. The number of rotatable bonds is 9. The summed E-state index contributed by atoms with van der Waals surface area (Å²) in [5.74, 6) is 2.45. The van der Waals surface area contributed by atoms with Crippen molar-refractivity contribution in [2.24, 2.45) is 0 Å². The number of H-pyrrole nitrogens is 1. The van der Waals surface area contributed by atoms with Crippen LogP contribution in [-0.4, -0.2) is 67.0 Å². The smallest absolute Gasteiger partial charge is 0.254 e. The molecule has 0 unspecified atom stereocenters. The van der Waals surface area contributed by atoms with Crippen molar-refractivity contribution in [2.45, 2.75) is 27.2 Å². The third kappa shape index (κ3) is 5.95. The number of anilines is 1. The van der Waals surface area contributed by atoms with Gasteiger partial charge in [-0.3, -0.25) is 9.89 Å². The molecular weight excluding hydrogens is 524 g/mol. The first kappa shape index (κ1) is 25.9. The van der Waals surface area contributed by atoms with Crippen molar-refractivity contribution in [3.63, 3.8) is 0 Å². The zero-order valence-corrected chi connectivity index (χ0v) is 22.6. The van der Waals surface area contributed by atoms with Gasteiger partial charge in [-0.1, -0.05) is 28.1 Å².